The first-order valence-corrected chi connectivity index (χ1v) is 10.2. The van der Waals surface area contributed by atoms with E-state index >= 15 is 0 Å². The highest BCUT2D eigenvalue weighted by atomic mass is 32.2. The fraction of sp³-hybridized carbons (Fsp3) is 0.316. The third-order valence-corrected chi connectivity index (χ3v) is 5.78. The van der Waals surface area contributed by atoms with Gasteiger partial charge in [-0.2, -0.15) is 0 Å². The number of nitrogens with one attached hydrogen (secondary N) is 2. The van der Waals surface area contributed by atoms with Gasteiger partial charge in [-0.05, 0) is 43.0 Å². The maximum Gasteiger partial charge on any atom is 0.266 e. The molecule has 3 rings (SSSR count). The van der Waals surface area contributed by atoms with E-state index in [2.05, 4.69) is 15.0 Å². The summed E-state index contributed by atoms with van der Waals surface area (Å²) in [5.74, 6) is -0.905. The molecule has 0 radical (unpaired) electrons. The Kier molecular flexibility index (Phi) is 5.12. The molecule has 0 bridgehead atoms. The number of rotatable bonds is 4. The summed E-state index contributed by atoms with van der Waals surface area (Å²) >= 11 is 0. The van der Waals surface area contributed by atoms with Gasteiger partial charge in [0.05, 0.1) is 16.1 Å². The zero-order valence-corrected chi connectivity index (χ0v) is 16.8. The molecule has 0 aliphatic carbocycles. The Labute approximate surface area is 163 Å². The number of carbonyl (C=O) groups excluding carboxylic acids is 2. The number of aromatic nitrogens is 1. The van der Waals surface area contributed by atoms with Crippen LogP contribution in [0.25, 0.3) is 0 Å². The highest BCUT2D eigenvalue weighted by molar-refractivity contribution is 7.90. The van der Waals surface area contributed by atoms with Crippen LogP contribution in [-0.2, 0) is 14.8 Å². The fourth-order valence-corrected chi connectivity index (χ4v) is 4.12. The van der Waals surface area contributed by atoms with Crippen LogP contribution in [0.2, 0.25) is 0 Å². The number of hydrogen-bond acceptors (Lipinski definition) is 6. The van der Waals surface area contributed by atoms with Gasteiger partial charge in [-0.1, -0.05) is 13.8 Å². The van der Waals surface area contributed by atoms with Crippen molar-refractivity contribution in [2.24, 2.45) is 5.92 Å². The number of anilines is 1. The number of aryl methyl sites for hydroxylation is 2. The molecule has 0 unspecified atom stereocenters. The molecule has 0 fully saturated rings. The molecular weight excluding hydrogens is 382 g/mol. The van der Waals surface area contributed by atoms with Gasteiger partial charge in [-0.25, -0.2) is 13.1 Å². The first-order chi connectivity index (χ1) is 13.1. The molecule has 2 aromatic rings. The Balaban J connectivity index is 1.93. The average Bonchev–Trinajstić information content (AvgIpc) is 2.59. The first-order valence-electron chi connectivity index (χ1n) is 8.69. The van der Waals surface area contributed by atoms with E-state index in [1.165, 1.54) is 18.3 Å². The van der Waals surface area contributed by atoms with Crippen LogP contribution >= 0.6 is 0 Å². The van der Waals surface area contributed by atoms with Gasteiger partial charge in [0.2, 0.25) is 0 Å². The summed E-state index contributed by atoms with van der Waals surface area (Å²) in [4.78, 5) is 28.3. The molecule has 0 saturated heterocycles. The number of hydrogen-bond donors (Lipinski definition) is 2. The lowest BCUT2D eigenvalue weighted by Gasteiger charge is -2.29. The van der Waals surface area contributed by atoms with Crippen molar-refractivity contribution in [2.75, 3.05) is 5.32 Å². The van der Waals surface area contributed by atoms with Gasteiger partial charge in [0.25, 0.3) is 21.8 Å². The SMILES string of the molecule is Cc1cncc(C(=O)NS(=O)(=O)c2cc3c(cc2C)NC(=O)[C@H](C(C)C)O3)c1. The smallest absolute Gasteiger partial charge is 0.266 e. The van der Waals surface area contributed by atoms with E-state index in [1.54, 1.807) is 26.1 Å². The number of sulfonamides is 1. The van der Waals surface area contributed by atoms with Crippen LogP contribution in [0.4, 0.5) is 5.69 Å². The molecule has 2 N–H and O–H groups in total. The molecule has 2 heterocycles. The highest BCUT2D eigenvalue weighted by Gasteiger charge is 2.32. The van der Waals surface area contributed by atoms with E-state index in [-0.39, 0.29) is 28.0 Å². The van der Waals surface area contributed by atoms with Crippen molar-refractivity contribution >= 4 is 27.5 Å². The predicted molar refractivity (Wildman–Crippen MR) is 103 cm³/mol. The number of carbonyl (C=O) groups is 2. The number of amides is 2. The molecule has 0 saturated carbocycles. The molecule has 8 nitrogen and oxygen atoms in total. The summed E-state index contributed by atoms with van der Waals surface area (Å²) in [6.07, 6.45) is 2.14. The van der Waals surface area contributed by atoms with Gasteiger partial charge in [0, 0.05) is 18.5 Å². The lowest BCUT2D eigenvalue weighted by Crippen LogP contribution is -2.40. The monoisotopic (exact) mass is 403 g/mol. The lowest BCUT2D eigenvalue weighted by molar-refractivity contribution is -0.125. The maximum absolute atomic E-state index is 12.8. The predicted octanol–water partition coefficient (Wildman–Crippen LogP) is 2.17. The second-order valence-electron chi connectivity index (χ2n) is 7.07. The summed E-state index contributed by atoms with van der Waals surface area (Å²) in [5.41, 5.74) is 1.64. The van der Waals surface area contributed by atoms with Crippen molar-refractivity contribution in [1.29, 1.82) is 0 Å². The van der Waals surface area contributed by atoms with Crippen LogP contribution in [0.3, 0.4) is 0 Å². The molecule has 1 aromatic carbocycles. The molecule has 148 valence electrons. The van der Waals surface area contributed by atoms with E-state index in [4.69, 9.17) is 4.74 Å². The van der Waals surface area contributed by atoms with Gasteiger partial charge in [0.15, 0.2) is 6.10 Å². The zero-order valence-electron chi connectivity index (χ0n) is 15.9. The quantitative estimate of drug-likeness (QED) is 0.809. The number of nitrogens with zero attached hydrogens (tertiary/aromatic N) is 1. The second-order valence-corrected chi connectivity index (χ2v) is 8.72. The van der Waals surface area contributed by atoms with Gasteiger partial charge in [-0.3, -0.25) is 14.6 Å². The first kappa shape index (κ1) is 19.8. The van der Waals surface area contributed by atoms with E-state index in [0.29, 0.717) is 11.3 Å². The van der Waals surface area contributed by atoms with Crippen molar-refractivity contribution in [2.45, 2.75) is 38.7 Å². The Hall–Kier alpha value is -2.94. The van der Waals surface area contributed by atoms with Gasteiger partial charge < -0.3 is 10.1 Å². The molecule has 1 aromatic heterocycles. The van der Waals surface area contributed by atoms with Crippen molar-refractivity contribution in [3.05, 3.63) is 47.3 Å². The fourth-order valence-electron chi connectivity index (χ4n) is 2.90. The molecule has 2 amide bonds. The third kappa shape index (κ3) is 3.84. The number of pyridine rings is 1. The van der Waals surface area contributed by atoms with E-state index in [0.717, 1.165) is 5.56 Å². The van der Waals surface area contributed by atoms with Crippen molar-refractivity contribution in [1.82, 2.24) is 9.71 Å². The minimum Gasteiger partial charge on any atom is -0.478 e. The third-order valence-electron chi connectivity index (χ3n) is 4.31. The van der Waals surface area contributed by atoms with Crippen LogP contribution in [0, 0.1) is 19.8 Å². The molecular formula is C19H21N3O5S. The second kappa shape index (κ2) is 7.23. The minimum absolute atomic E-state index is 0.0944. The average molecular weight is 403 g/mol. The minimum atomic E-state index is -4.16. The Morgan fingerprint density at radius 2 is 1.93 bits per heavy atom. The molecule has 28 heavy (non-hydrogen) atoms. The van der Waals surface area contributed by atoms with Gasteiger partial charge >= 0.3 is 0 Å². The molecule has 9 heteroatoms. The standard InChI is InChI=1S/C19H21N3O5S/c1-10(2)17-19(24)21-14-6-12(4)16(7-15(14)27-17)28(25,26)22-18(23)13-5-11(3)8-20-9-13/h5-10,17H,1-4H3,(H,21,24)(H,22,23)/t17-/m0/s1. The van der Waals surface area contributed by atoms with E-state index < -0.39 is 22.0 Å². The Morgan fingerprint density at radius 1 is 1.21 bits per heavy atom. The summed E-state index contributed by atoms with van der Waals surface area (Å²) in [6, 6.07) is 4.38. The summed E-state index contributed by atoms with van der Waals surface area (Å²) in [5, 5.41) is 2.73. The van der Waals surface area contributed by atoms with Crippen LogP contribution < -0.4 is 14.8 Å². The van der Waals surface area contributed by atoms with Crippen LogP contribution in [0.15, 0.2) is 35.5 Å². The van der Waals surface area contributed by atoms with Crippen LogP contribution in [-0.4, -0.2) is 31.3 Å². The lowest BCUT2D eigenvalue weighted by atomic mass is 10.0. The van der Waals surface area contributed by atoms with E-state index in [1.807, 2.05) is 13.8 Å². The molecule has 1 aliphatic heterocycles. The maximum atomic E-state index is 12.8. The van der Waals surface area contributed by atoms with Crippen molar-refractivity contribution in [3.8, 4) is 5.75 Å². The van der Waals surface area contributed by atoms with E-state index in [9.17, 15) is 18.0 Å². The van der Waals surface area contributed by atoms with Crippen LogP contribution in [0.5, 0.6) is 5.75 Å². The van der Waals surface area contributed by atoms with Gasteiger partial charge in [0.1, 0.15) is 5.75 Å². The molecule has 0 spiro atoms. The van der Waals surface area contributed by atoms with Crippen molar-refractivity contribution in [3.63, 3.8) is 0 Å². The highest BCUT2D eigenvalue weighted by Crippen LogP contribution is 2.35. The topological polar surface area (TPSA) is 114 Å². The number of benzene rings is 1. The Morgan fingerprint density at radius 3 is 2.57 bits per heavy atom. The summed E-state index contributed by atoms with van der Waals surface area (Å²) < 4.78 is 33.3. The summed E-state index contributed by atoms with van der Waals surface area (Å²) in [7, 11) is -4.16. The van der Waals surface area contributed by atoms with Crippen molar-refractivity contribution < 1.29 is 22.7 Å². The van der Waals surface area contributed by atoms with Crippen LogP contribution in [0.1, 0.15) is 35.3 Å². The number of fused-ring (bicyclic) bond motifs is 1. The summed E-state index contributed by atoms with van der Waals surface area (Å²) in [6.45, 7) is 6.99. The normalized spacial score (nSPS) is 16.2. The zero-order chi connectivity index (χ0) is 20.6. The largest absolute Gasteiger partial charge is 0.478 e. The molecule has 1 atom stereocenters. The molecule has 1 aliphatic rings. The Bertz CT molecular complexity index is 1060. The van der Waals surface area contributed by atoms with Gasteiger partial charge in [-0.15, -0.1) is 0 Å². The number of ether oxygens (including phenoxy) is 1.